The van der Waals surface area contributed by atoms with Crippen molar-refractivity contribution in [1.29, 1.82) is 0 Å². The van der Waals surface area contributed by atoms with Gasteiger partial charge in [0, 0.05) is 5.57 Å². The largest absolute Gasteiger partial charge is 0.744 e. The quantitative estimate of drug-likeness (QED) is 0.318. The summed E-state index contributed by atoms with van der Waals surface area (Å²) in [4.78, 5) is 16.5. The zero-order valence-electron chi connectivity index (χ0n) is 15.7. The average molecular weight is 371 g/mol. The van der Waals surface area contributed by atoms with Crippen molar-refractivity contribution in [3.8, 4) is 0 Å². The van der Waals surface area contributed by atoms with E-state index in [4.69, 9.17) is 4.84 Å². The van der Waals surface area contributed by atoms with E-state index in [-0.39, 0.29) is 10.9 Å². The highest BCUT2D eigenvalue weighted by Crippen LogP contribution is 2.09. The van der Waals surface area contributed by atoms with E-state index in [1.165, 1.54) is 12.1 Å². The summed E-state index contributed by atoms with van der Waals surface area (Å²) in [7, 11) is -2.34. The Morgan fingerprint density at radius 2 is 1.76 bits per heavy atom. The van der Waals surface area contributed by atoms with Crippen molar-refractivity contribution in [3.05, 3.63) is 42.0 Å². The van der Waals surface area contributed by atoms with Gasteiger partial charge in [-0.05, 0) is 39.3 Å². The van der Waals surface area contributed by atoms with Gasteiger partial charge in [0.25, 0.3) is 0 Å². The van der Waals surface area contributed by atoms with Gasteiger partial charge >= 0.3 is 5.97 Å². The van der Waals surface area contributed by atoms with Crippen LogP contribution in [0.2, 0.25) is 0 Å². The molecular weight excluding hydrogens is 342 g/mol. The van der Waals surface area contributed by atoms with Crippen LogP contribution in [0.15, 0.2) is 41.3 Å². The van der Waals surface area contributed by atoms with Gasteiger partial charge in [-0.3, -0.25) is 4.84 Å². The van der Waals surface area contributed by atoms with Crippen LogP contribution in [0.3, 0.4) is 0 Å². The van der Waals surface area contributed by atoms with Gasteiger partial charge in [-0.2, -0.15) is 0 Å². The molecule has 1 unspecified atom stereocenters. The Bertz CT molecular complexity index is 667. The molecule has 7 heteroatoms. The van der Waals surface area contributed by atoms with Crippen LogP contribution >= 0.6 is 0 Å². The maximum Gasteiger partial charge on any atom is 0.392 e. The van der Waals surface area contributed by atoms with E-state index in [1.54, 1.807) is 19.1 Å². The fraction of sp³-hybridized carbons (Fsp3) is 0.500. The highest BCUT2D eigenvalue weighted by molar-refractivity contribution is 7.85. The first-order chi connectivity index (χ1) is 11.4. The molecule has 0 aliphatic carbocycles. The Kier molecular flexibility index (Phi) is 9.62. The molecule has 25 heavy (non-hydrogen) atoms. The van der Waals surface area contributed by atoms with E-state index in [9.17, 15) is 17.8 Å². The third kappa shape index (κ3) is 9.38. The second kappa shape index (κ2) is 10.3. The van der Waals surface area contributed by atoms with E-state index in [0.717, 1.165) is 31.5 Å². The average Bonchev–Trinajstić information content (AvgIpc) is 2.53. The summed E-state index contributed by atoms with van der Waals surface area (Å²) in [5, 5.41) is 0. The number of carbonyl (C=O) groups excluding carboxylic acids is 1. The van der Waals surface area contributed by atoms with E-state index in [2.05, 4.69) is 13.5 Å². The van der Waals surface area contributed by atoms with Crippen LogP contribution in [-0.4, -0.2) is 43.7 Å². The highest BCUT2D eigenvalue weighted by atomic mass is 32.2. The molecule has 0 saturated heterocycles. The van der Waals surface area contributed by atoms with Gasteiger partial charge < -0.3 is 4.55 Å². The first kappa shape index (κ1) is 23.3. The lowest BCUT2D eigenvalue weighted by molar-refractivity contribution is -1.07. The summed E-state index contributed by atoms with van der Waals surface area (Å²) in [6, 6.07) is 5.78. The molecule has 1 aromatic rings. The third-order valence-electron chi connectivity index (χ3n) is 3.62. The first-order valence-corrected chi connectivity index (χ1v) is 9.62. The molecule has 0 fully saturated rings. The molecule has 0 bridgehead atoms. The Balaban J connectivity index is 0.000000472. The molecule has 0 N–H and O–H groups in total. The first-order valence-electron chi connectivity index (χ1n) is 8.21. The van der Waals surface area contributed by atoms with E-state index < -0.39 is 10.1 Å². The smallest absolute Gasteiger partial charge is 0.392 e. The van der Waals surface area contributed by atoms with Crippen LogP contribution in [0, 0.1) is 6.92 Å². The molecule has 0 amide bonds. The fourth-order valence-electron chi connectivity index (χ4n) is 1.74. The lowest BCUT2D eigenvalue weighted by atomic mass is 10.2. The van der Waals surface area contributed by atoms with Crippen molar-refractivity contribution in [2.45, 2.75) is 45.4 Å². The van der Waals surface area contributed by atoms with Crippen molar-refractivity contribution < 1.29 is 27.2 Å². The summed E-state index contributed by atoms with van der Waals surface area (Å²) in [5.41, 5.74) is 1.39. The van der Waals surface area contributed by atoms with Crippen LogP contribution < -0.4 is 0 Å². The van der Waals surface area contributed by atoms with Gasteiger partial charge in [0.15, 0.2) is 0 Å². The van der Waals surface area contributed by atoms with E-state index >= 15 is 0 Å². The van der Waals surface area contributed by atoms with Crippen molar-refractivity contribution in [2.75, 3.05) is 20.1 Å². The Hall–Kier alpha value is -1.70. The second-order valence-electron chi connectivity index (χ2n) is 6.12. The maximum atomic E-state index is 11.3. The summed E-state index contributed by atoms with van der Waals surface area (Å²) < 4.78 is 31.5. The van der Waals surface area contributed by atoms with Gasteiger partial charge in [-0.15, -0.1) is 4.65 Å². The summed E-state index contributed by atoms with van der Waals surface area (Å²) >= 11 is 0. The summed E-state index contributed by atoms with van der Waals surface area (Å²) in [5.74, 6) is -0.301. The molecule has 0 spiro atoms. The number of aryl methyl sites for hydroxylation is 1. The molecule has 0 aliphatic heterocycles. The minimum absolute atomic E-state index is 0.178. The molecular formula is C18H29NO5S. The van der Waals surface area contributed by atoms with Gasteiger partial charge in [0.05, 0.1) is 4.90 Å². The Morgan fingerprint density at radius 1 is 1.24 bits per heavy atom. The van der Waals surface area contributed by atoms with E-state index in [0.29, 0.717) is 10.2 Å². The minimum Gasteiger partial charge on any atom is -0.744 e. The Labute approximate surface area is 151 Å². The van der Waals surface area contributed by atoms with Gasteiger partial charge in [0.2, 0.25) is 0 Å². The van der Waals surface area contributed by atoms with Gasteiger partial charge in [-0.25, -0.2) is 13.2 Å². The second-order valence-corrected chi connectivity index (χ2v) is 7.50. The number of benzene rings is 1. The highest BCUT2D eigenvalue weighted by Gasteiger charge is 2.25. The van der Waals surface area contributed by atoms with Crippen LogP contribution in [0.25, 0.3) is 0 Å². The number of rotatable bonds is 7. The molecule has 6 nitrogen and oxygen atoms in total. The molecule has 1 aromatic carbocycles. The fourth-order valence-corrected chi connectivity index (χ4v) is 2.21. The van der Waals surface area contributed by atoms with Crippen molar-refractivity contribution in [3.63, 3.8) is 0 Å². The minimum atomic E-state index is -4.27. The molecule has 1 rings (SSSR count). The zero-order chi connectivity index (χ0) is 19.7. The number of unbranched alkanes of at least 4 members (excludes halogenated alkanes) is 1. The normalized spacial score (nSPS) is 13.2. The van der Waals surface area contributed by atoms with Crippen LogP contribution in [0.4, 0.5) is 0 Å². The standard InChI is InChI=1S/C11H22NO2.C7H8O3S/c1-6-8-9-12(5,7-2)14-11(13)10(3)4;1-6-2-4-7(5-3-6)11(8,9)10/h3,6-9H2,1-2,4-5H3;2-5H,1H3,(H,8,9,10)/q+1;/p-1. The molecule has 0 saturated carbocycles. The topological polar surface area (TPSA) is 83.5 Å². The van der Waals surface area contributed by atoms with Crippen molar-refractivity contribution in [1.82, 2.24) is 0 Å². The zero-order valence-corrected chi connectivity index (χ0v) is 16.6. The number of hydroxylamine groups is 3. The van der Waals surface area contributed by atoms with Crippen LogP contribution in [-0.2, 0) is 19.8 Å². The molecule has 0 radical (unpaired) electrons. The molecule has 0 aromatic heterocycles. The van der Waals surface area contributed by atoms with E-state index in [1.807, 2.05) is 20.9 Å². The van der Waals surface area contributed by atoms with Gasteiger partial charge in [0.1, 0.15) is 30.3 Å². The summed E-state index contributed by atoms with van der Waals surface area (Å²) in [6.45, 7) is 12.9. The van der Waals surface area contributed by atoms with Crippen molar-refractivity contribution in [2.24, 2.45) is 0 Å². The number of carbonyl (C=O) groups is 1. The number of hydrogen-bond acceptors (Lipinski definition) is 5. The van der Waals surface area contributed by atoms with Crippen LogP contribution in [0.5, 0.6) is 0 Å². The number of nitrogens with zero attached hydrogens (tertiary/aromatic N) is 1. The Morgan fingerprint density at radius 3 is 2.12 bits per heavy atom. The maximum absolute atomic E-state index is 11.3. The lowest BCUT2D eigenvalue weighted by Gasteiger charge is -2.29. The monoisotopic (exact) mass is 371 g/mol. The predicted molar refractivity (Wildman–Crippen MR) is 96.5 cm³/mol. The lowest BCUT2D eigenvalue weighted by Crippen LogP contribution is -2.46. The predicted octanol–water partition coefficient (Wildman–Crippen LogP) is 3.19. The van der Waals surface area contributed by atoms with Crippen LogP contribution in [0.1, 0.15) is 39.2 Å². The molecule has 0 heterocycles. The number of quaternary nitrogens is 1. The third-order valence-corrected chi connectivity index (χ3v) is 4.46. The molecule has 0 aliphatic rings. The van der Waals surface area contributed by atoms with Crippen molar-refractivity contribution >= 4 is 16.1 Å². The molecule has 142 valence electrons. The summed E-state index contributed by atoms with van der Waals surface area (Å²) in [6.07, 6.45) is 2.17. The SMILES string of the molecule is C=C(C)C(=O)O[N+](C)(CC)CCCC.Cc1ccc(S(=O)(=O)[O-])cc1. The van der Waals surface area contributed by atoms with Gasteiger partial charge in [-0.1, -0.05) is 37.6 Å². The molecule has 1 atom stereocenters. The number of hydrogen-bond donors (Lipinski definition) is 0.